The van der Waals surface area contributed by atoms with Gasteiger partial charge in [-0.25, -0.2) is 4.68 Å². The molecule has 4 heterocycles. The van der Waals surface area contributed by atoms with Gasteiger partial charge >= 0.3 is 0 Å². The maximum Gasteiger partial charge on any atom is 0.273 e. The zero-order valence-corrected chi connectivity index (χ0v) is 20.9. The third-order valence-electron chi connectivity index (χ3n) is 7.18. The van der Waals surface area contributed by atoms with Crippen molar-refractivity contribution in [3.05, 3.63) is 56.6 Å². The highest BCUT2D eigenvalue weighted by molar-refractivity contribution is 6.42. The first kappa shape index (κ1) is 22.5. The number of aromatic nitrogens is 6. The second kappa shape index (κ2) is 8.30. The van der Waals surface area contributed by atoms with Crippen LogP contribution >= 0.6 is 23.2 Å². The number of carbonyl (C=O) groups excluding carboxylic acids is 2. The Morgan fingerprint density at radius 2 is 1.97 bits per heavy atom. The van der Waals surface area contributed by atoms with E-state index < -0.39 is 0 Å². The molecule has 0 saturated heterocycles. The molecule has 182 valence electrons. The van der Waals surface area contributed by atoms with Crippen LogP contribution in [0.2, 0.25) is 10.0 Å². The van der Waals surface area contributed by atoms with E-state index in [1.165, 1.54) is 0 Å². The predicted molar refractivity (Wildman–Crippen MR) is 127 cm³/mol. The molecule has 0 spiro atoms. The third kappa shape index (κ3) is 3.70. The van der Waals surface area contributed by atoms with E-state index in [9.17, 15) is 9.59 Å². The van der Waals surface area contributed by atoms with Crippen LogP contribution in [0, 0.1) is 0 Å². The van der Waals surface area contributed by atoms with Crippen LogP contribution in [-0.4, -0.2) is 64.2 Å². The topological polar surface area (TPSA) is 102 Å². The minimum absolute atomic E-state index is 0.0743. The fraction of sp³-hybridized carbons (Fsp3) is 0.478. The van der Waals surface area contributed by atoms with Crippen LogP contribution in [-0.2, 0) is 19.5 Å². The molecule has 3 aromatic rings. The van der Waals surface area contributed by atoms with Crippen LogP contribution < -0.4 is 0 Å². The van der Waals surface area contributed by atoms with Gasteiger partial charge in [-0.15, -0.1) is 5.10 Å². The molecule has 12 heteroatoms. The Hall–Kier alpha value is -2.98. The lowest BCUT2D eigenvalue weighted by atomic mass is 9.97. The van der Waals surface area contributed by atoms with Crippen molar-refractivity contribution < 1.29 is 9.59 Å². The van der Waals surface area contributed by atoms with E-state index in [0.29, 0.717) is 59.2 Å². The van der Waals surface area contributed by atoms with Gasteiger partial charge in [0, 0.05) is 30.1 Å². The number of rotatable bonds is 4. The van der Waals surface area contributed by atoms with E-state index in [-0.39, 0.29) is 23.9 Å². The number of fused-ring (bicyclic) bond motifs is 3. The van der Waals surface area contributed by atoms with Crippen LogP contribution in [0.15, 0.2) is 18.2 Å². The van der Waals surface area contributed by atoms with E-state index in [4.69, 9.17) is 28.3 Å². The fourth-order valence-electron chi connectivity index (χ4n) is 5.07. The number of carbonyl (C=O) groups is 2. The summed E-state index contributed by atoms with van der Waals surface area (Å²) in [6.45, 7) is 5.36. The molecule has 2 atom stereocenters. The van der Waals surface area contributed by atoms with Crippen molar-refractivity contribution in [2.24, 2.45) is 0 Å². The van der Waals surface area contributed by atoms with E-state index in [1.807, 2.05) is 23.4 Å². The standard InChI is InChI=1S/C23H24Cl2N8O2/c1-12-9-19-16(11-31(12)22(34)14-3-6-17(24)18(25)10-14)20-23(35)30(7-8-32(20)27-19)13(2)21-26-28-29-33(21)15-4-5-15/h3,6,10,12-13,15H,4-5,7-9,11H2,1-2H3/t12-,13?/m1/s1. The van der Waals surface area contributed by atoms with Crippen LogP contribution in [0.1, 0.15) is 76.7 Å². The molecule has 1 aromatic carbocycles. The smallest absolute Gasteiger partial charge is 0.273 e. The minimum Gasteiger partial charge on any atom is -0.331 e. The number of nitrogens with zero attached hydrogens (tertiary/aromatic N) is 8. The van der Waals surface area contributed by atoms with Crippen LogP contribution in [0.4, 0.5) is 0 Å². The highest BCUT2D eigenvalue weighted by atomic mass is 35.5. The highest BCUT2D eigenvalue weighted by Crippen LogP contribution is 2.37. The Balaban J connectivity index is 1.30. The van der Waals surface area contributed by atoms with E-state index in [0.717, 1.165) is 24.1 Å². The number of halogens is 2. The maximum atomic E-state index is 13.7. The molecule has 0 N–H and O–H groups in total. The molecular formula is C23H24Cl2N8O2. The van der Waals surface area contributed by atoms with Gasteiger partial charge in [0.05, 0.1) is 40.9 Å². The molecule has 0 bridgehead atoms. The lowest BCUT2D eigenvalue weighted by molar-refractivity contribution is 0.0595. The molecule has 1 saturated carbocycles. The quantitative estimate of drug-likeness (QED) is 0.529. The van der Waals surface area contributed by atoms with Crippen molar-refractivity contribution in [2.45, 2.75) is 64.3 Å². The van der Waals surface area contributed by atoms with E-state index >= 15 is 0 Å². The van der Waals surface area contributed by atoms with Crippen molar-refractivity contribution in [1.29, 1.82) is 0 Å². The summed E-state index contributed by atoms with van der Waals surface area (Å²) in [5.74, 6) is 0.436. The Labute approximate surface area is 211 Å². The lowest BCUT2D eigenvalue weighted by Gasteiger charge is -2.35. The van der Waals surface area contributed by atoms with Crippen molar-refractivity contribution in [3.63, 3.8) is 0 Å². The second-order valence-electron chi connectivity index (χ2n) is 9.50. The average molecular weight is 515 g/mol. The molecule has 6 rings (SSSR count). The second-order valence-corrected chi connectivity index (χ2v) is 10.3. The Morgan fingerprint density at radius 3 is 2.71 bits per heavy atom. The molecule has 3 aliphatic rings. The van der Waals surface area contributed by atoms with Gasteiger partial charge in [-0.05, 0) is 55.3 Å². The fourth-order valence-corrected chi connectivity index (χ4v) is 5.36. The normalized spacial score (nSPS) is 20.6. The van der Waals surface area contributed by atoms with Crippen molar-refractivity contribution >= 4 is 35.0 Å². The molecule has 1 aliphatic carbocycles. The summed E-state index contributed by atoms with van der Waals surface area (Å²) < 4.78 is 3.64. The summed E-state index contributed by atoms with van der Waals surface area (Å²) >= 11 is 12.2. The molecule has 1 fully saturated rings. The first-order valence-electron chi connectivity index (χ1n) is 11.8. The highest BCUT2D eigenvalue weighted by Gasteiger charge is 2.40. The molecule has 35 heavy (non-hydrogen) atoms. The van der Waals surface area contributed by atoms with Gasteiger partial charge in [-0.2, -0.15) is 5.10 Å². The van der Waals surface area contributed by atoms with Gasteiger partial charge in [0.25, 0.3) is 11.8 Å². The third-order valence-corrected chi connectivity index (χ3v) is 7.92. The number of hydrogen-bond acceptors (Lipinski definition) is 6. The van der Waals surface area contributed by atoms with E-state index in [1.54, 1.807) is 27.8 Å². The van der Waals surface area contributed by atoms with Crippen LogP contribution in [0.5, 0.6) is 0 Å². The molecule has 2 aliphatic heterocycles. The molecule has 2 aromatic heterocycles. The number of hydrogen-bond donors (Lipinski definition) is 0. The van der Waals surface area contributed by atoms with Gasteiger partial charge in [-0.3, -0.25) is 14.3 Å². The Kier molecular flexibility index (Phi) is 5.33. The summed E-state index contributed by atoms with van der Waals surface area (Å²) in [7, 11) is 0. The summed E-state index contributed by atoms with van der Waals surface area (Å²) in [4.78, 5) is 30.7. The maximum absolute atomic E-state index is 13.7. The van der Waals surface area contributed by atoms with Gasteiger partial charge in [0.2, 0.25) is 0 Å². The first-order valence-corrected chi connectivity index (χ1v) is 12.5. The summed E-state index contributed by atoms with van der Waals surface area (Å²) in [6, 6.07) is 4.86. The molecule has 1 unspecified atom stereocenters. The van der Waals surface area contributed by atoms with E-state index in [2.05, 4.69) is 15.5 Å². The summed E-state index contributed by atoms with van der Waals surface area (Å²) in [6.07, 6.45) is 2.69. The SMILES string of the molecule is CC(c1nnnn1C1CC1)N1CCn2nc3c(c2C1=O)CN(C(=O)c1ccc(Cl)c(Cl)c1)[C@H](C)C3. The van der Waals surface area contributed by atoms with Crippen LogP contribution in [0.25, 0.3) is 0 Å². The minimum atomic E-state index is -0.270. The average Bonchev–Trinajstić information content (AvgIpc) is 3.44. The number of amides is 2. The van der Waals surface area contributed by atoms with Gasteiger partial charge in [0.15, 0.2) is 5.82 Å². The Bertz CT molecular complexity index is 1350. The zero-order chi connectivity index (χ0) is 24.4. The lowest BCUT2D eigenvalue weighted by Crippen LogP contribution is -2.45. The molecule has 0 radical (unpaired) electrons. The van der Waals surface area contributed by atoms with Crippen molar-refractivity contribution in [3.8, 4) is 0 Å². The molecule has 2 amide bonds. The van der Waals surface area contributed by atoms with Crippen LogP contribution in [0.3, 0.4) is 0 Å². The molecular weight excluding hydrogens is 491 g/mol. The number of tetrazole rings is 1. The number of benzene rings is 1. The van der Waals surface area contributed by atoms with Gasteiger partial charge in [-0.1, -0.05) is 23.2 Å². The van der Waals surface area contributed by atoms with Crippen molar-refractivity contribution in [1.82, 2.24) is 39.8 Å². The first-order chi connectivity index (χ1) is 16.8. The predicted octanol–water partition coefficient (Wildman–Crippen LogP) is 3.32. The van der Waals surface area contributed by atoms with Crippen molar-refractivity contribution in [2.75, 3.05) is 6.54 Å². The molecule has 10 nitrogen and oxygen atoms in total. The summed E-state index contributed by atoms with van der Waals surface area (Å²) in [5, 5.41) is 17.7. The zero-order valence-electron chi connectivity index (χ0n) is 19.4. The van der Waals surface area contributed by atoms with Gasteiger partial charge < -0.3 is 9.80 Å². The largest absolute Gasteiger partial charge is 0.331 e. The Morgan fingerprint density at radius 1 is 1.17 bits per heavy atom. The summed E-state index contributed by atoms with van der Waals surface area (Å²) in [5.41, 5.74) is 2.68. The van der Waals surface area contributed by atoms with Gasteiger partial charge in [0.1, 0.15) is 5.69 Å². The monoisotopic (exact) mass is 514 g/mol.